The van der Waals surface area contributed by atoms with Crippen LogP contribution in [0.5, 0.6) is 5.75 Å². The molecule has 0 amide bonds. The van der Waals surface area contributed by atoms with Crippen molar-refractivity contribution < 1.29 is 9.53 Å². The first-order valence-electron chi connectivity index (χ1n) is 3.73. The molecule has 1 atom stereocenters. The summed E-state index contributed by atoms with van der Waals surface area (Å²) in [4.78, 5) is 10.7. The third kappa shape index (κ3) is 2.54. The van der Waals surface area contributed by atoms with Gasteiger partial charge < -0.3 is 10.5 Å². The molecule has 0 aliphatic carbocycles. The number of alkyl halides is 1. The molecule has 4 heteroatoms. The topological polar surface area (TPSA) is 52.3 Å². The minimum absolute atomic E-state index is 0.136. The van der Waals surface area contributed by atoms with Crippen LogP contribution in [-0.2, 0) is 0 Å². The maximum Gasteiger partial charge on any atom is 0.190 e. The Bertz CT molecular complexity index is 295. The number of benzene rings is 1. The number of carbonyl (C=O) groups excluding carboxylic acids is 1. The van der Waals surface area contributed by atoms with E-state index >= 15 is 0 Å². The van der Waals surface area contributed by atoms with E-state index in [4.69, 9.17) is 10.5 Å². The molecule has 0 aliphatic heterocycles. The van der Waals surface area contributed by atoms with Crippen molar-refractivity contribution in [3.63, 3.8) is 0 Å². The molecule has 0 radical (unpaired) electrons. The van der Waals surface area contributed by atoms with Gasteiger partial charge in [0.2, 0.25) is 0 Å². The van der Waals surface area contributed by atoms with E-state index in [9.17, 15) is 4.79 Å². The Hall–Kier alpha value is -0.870. The average Bonchev–Trinajstić information content (AvgIpc) is 2.17. The maximum absolute atomic E-state index is 11.3. The van der Waals surface area contributed by atoms with Gasteiger partial charge in [0.1, 0.15) is 10.7 Å². The zero-order valence-electron chi connectivity index (χ0n) is 7.16. The number of ketones is 1. The Morgan fingerprint density at radius 2 is 2.00 bits per heavy atom. The quantitative estimate of drug-likeness (QED) is 0.498. The zero-order valence-corrected chi connectivity index (χ0v) is 8.74. The fraction of sp³-hybridized carbons (Fsp3) is 0.222. The van der Waals surface area contributed by atoms with Gasteiger partial charge in [0.25, 0.3) is 0 Å². The summed E-state index contributed by atoms with van der Waals surface area (Å²) in [5, 5.41) is 0. The molecule has 1 aromatic rings. The van der Waals surface area contributed by atoms with Crippen molar-refractivity contribution in [3.8, 4) is 5.75 Å². The molecular formula is C9H10BrNO2. The largest absolute Gasteiger partial charge is 0.497 e. The van der Waals surface area contributed by atoms with Crippen LogP contribution in [-0.4, -0.2) is 17.8 Å². The summed E-state index contributed by atoms with van der Waals surface area (Å²) in [6.45, 7) is 0. The molecule has 0 fully saturated rings. The van der Waals surface area contributed by atoms with Crippen LogP contribution in [0.1, 0.15) is 10.4 Å². The smallest absolute Gasteiger partial charge is 0.190 e. The number of hydrogen-bond donors (Lipinski definition) is 1. The third-order valence-corrected chi connectivity index (χ3v) is 2.04. The second-order valence-electron chi connectivity index (χ2n) is 2.49. The van der Waals surface area contributed by atoms with E-state index in [1.54, 1.807) is 31.4 Å². The Kier molecular flexibility index (Phi) is 3.45. The van der Waals surface area contributed by atoms with Crippen LogP contribution in [0.2, 0.25) is 0 Å². The Morgan fingerprint density at radius 1 is 1.46 bits per heavy atom. The van der Waals surface area contributed by atoms with Crippen molar-refractivity contribution in [2.75, 3.05) is 7.11 Å². The number of Topliss-reactive ketones (excluding diaryl/α,β-unsaturated/α-hetero) is 1. The first kappa shape index (κ1) is 10.2. The molecule has 0 heterocycles. The van der Waals surface area contributed by atoms with Gasteiger partial charge in [0, 0.05) is 5.56 Å². The summed E-state index contributed by atoms with van der Waals surface area (Å²) in [5.41, 5.74) is 5.95. The molecule has 13 heavy (non-hydrogen) atoms. The van der Waals surface area contributed by atoms with Crippen LogP contribution in [0.3, 0.4) is 0 Å². The molecule has 1 unspecified atom stereocenters. The van der Waals surface area contributed by atoms with Gasteiger partial charge in [-0.25, -0.2) is 0 Å². The minimum Gasteiger partial charge on any atom is -0.497 e. The van der Waals surface area contributed by atoms with E-state index in [-0.39, 0.29) is 5.78 Å². The Labute approximate surface area is 85.0 Å². The highest BCUT2D eigenvalue weighted by molar-refractivity contribution is 9.10. The Morgan fingerprint density at radius 3 is 2.38 bits per heavy atom. The number of halogens is 1. The SMILES string of the molecule is COc1ccc(C(=O)C(N)Br)cc1. The molecule has 70 valence electrons. The number of ether oxygens (including phenoxy) is 1. The van der Waals surface area contributed by atoms with Crippen molar-refractivity contribution in [1.82, 2.24) is 0 Å². The van der Waals surface area contributed by atoms with Gasteiger partial charge in [-0.05, 0) is 24.3 Å². The highest BCUT2D eigenvalue weighted by Crippen LogP contribution is 2.13. The van der Waals surface area contributed by atoms with Crippen molar-refractivity contribution >= 4 is 21.7 Å². The van der Waals surface area contributed by atoms with Gasteiger partial charge in [-0.3, -0.25) is 4.79 Å². The molecule has 0 bridgehead atoms. The molecule has 0 aromatic heterocycles. The van der Waals surface area contributed by atoms with E-state index in [0.29, 0.717) is 5.56 Å². The lowest BCUT2D eigenvalue weighted by molar-refractivity contribution is 0.0992. The van der Waals surface area contributed by atoms with E-state index in [1.807, 2.05) is 0 Å². The normalized spacial score (nSPS) is 12.2. The minimum atomic E-state index is -0.638. The summed E-state index contributed by atoms with van der Waals surface area (Å²) in [6, 6.07) is 6.82. The van der Waals surface area contributed by atoms with Crippen molar-refractivity contribution in [2.24, 2.45) is 5.73 Å². The molecule has 0 saturated carbocycles. The van der Waals surface area contributed by atoms with Gasteiger partial charge >= 0.3 is 0 Å². The first-order valence-corrected chi connectivity index (χ1v) is 4.64. The standard InChI is InChI=1S/C9H10BrNO2/c1-13-7-4-2-6(3-5-7)8(12)9(10)11/h2-5,9H,11H2,1H3. The molecule has 1 aromatic carbocycles. The van der Waals surface area contributed by atoms with Gasteiger partial charge in [-0.2, -0.15) is 0 Å². The third-order valence-electron chi connectivity index (χ3n) is 1.63. The summed E-state index contributed by atoms with van der Waals surface area (Å²) < 4.78 is 4.96. The van der Waals surface area contributed by atoms with Gasteiger partial charge in [-0.15, -0.1) is 0 Å². The van der Waals surface area contributed by atoms with Crippen molar-refractivity contribution in [1.29, 1.82) is 0 Å². The fourth-order valence-corrected chi connectivity index (χ4v) is 1.18. The number of nitrogens with two attached hydrogens (primary N) is 1. The van der Waals surface area contributed by atoms with E-state index < -0.39 is 4.95 Å². The predicted molar refractivity (Wildman–Crippen MR) is 54.2 cm³/mol. The number of carbonyl (C=O) groups is 1. The van der Waals surface area contributed by atoms with Crippen LogP contribution < -0.4 is 10.5 Å². The van der Waals surface area contributed by atoms with E-state index in [1.165, 1.54) is 0 Å². The lowest BCUT2D eigenvalue weighted by Crippen LogP contribution is -2.23. The van der Waals surface area contributed by atoms with Gasteiger partial charge in [0.15, 0.2) is 5.78 Å². The second kappa shape index (κ2) is 4.39. The van der Waals surface area contributed by atoms with Crippen LogP contribution in [0.15, 0.2) is 24.3 Å². The number of rotatable bonds is 3. The zero-order chi connectivity index (χ0) is 9.84. The molecule has 0 spiro atoms. The summed E-state index contributed by atoms with van der Waals surface area (Å²) in [5.74, 6) is 0.586. The van der Waals surface area contributed by atoms with Gasteiger partial charge in [-0.1, -0.05) is 15.9 Å². The van der Waals surface area contributed by atoms with Crippen molar-refractivity contribution in [2.45, 2.75) is 4.95 Å². The summed E-state index contributed by atoms with van der Waals surface area (Å²) in [7, 11) is 1.58. The van der Waals surface area contributed by atoms with E-state index in [2.05, 4.69) is 15.9 Å². The molecule has 2 N–H and O–H groups in total. The number of hydrogen-bond acceptors (Lipinski definition) is 3. The monoisotopic (exact) mass is 243 g/mol. The van der Waals surface area contributed by atoms with Crippen LogP contribution in [0.4, 0.5) is 0 Å². The lowest BCUT2D eigenvalue weighted by atomic mass is 10.1. The van der Waals surface area contributed by atoms with Crippen LogP contribution in [0.25, 0.3) is 0 Å². The number of methoxy groups -OCH3 is 1. The molecule has 3 nitrogen and oxygen atoms in total. The van der Waals surface area contributed by atoms with Crippen LogP contribution in [0, 0.1) is 0 Å². The highest BCUT2D eigenvalue weighted by Gasteiger charge is 2.11. The lowest BCUT2D eigenvalue weighted by Gasteiger charge is -2.03. The maximum atomic E-state index is 11.3. The molecule has 1 rings (SSSR count). The first-order chi connectivity index (χ1) is 6.15. The fourth-order valence-electron chi connectivity index (χ4n) is 0.915. The predicted octanol–water partition coefficient (Wildman–Crippen LogP) is 1.56. The van der Waals surface area contributed by atoms with E-state index in [0.717, 1.165) is 5.75 Å². The van der Waals surface area contributed by atoms with Crippen LogP contribution >= 0.6 is 15.9 Å². The molecular weight excluding hydrogens is 234 g/mol. The Balaban J connectivity index is 2.86. The molecule has 0 saturated heterocycles. The average molecular weight is 244 g/mol. The summed E-state index contributed by atoms with van der Waals surface area (Å²) in [6.07, 6.45) is 0. The molecule has 0 aliphatic rings. The second-order valence-corrected chi connectivity index (χ2v) is 3.48. The summed E-state index contributed by atoms with van der Waals surface area (Å²) >= 11 is 3.01. The highest BCUT2D eigenvalue weighted by atomic mass is 79.9. The van der Waals surface area contributed by atoms with Gasteiger partial charge in [0.05, 0.1) is 7.11 Å². The van der Waals surface area contributed by atoms with Crippen molar-refractivity contribution in [3.05, 3.63) is 29.8 Å².